The highest BCUT2D eigenvalue weighted by Gasteiger charge is 2.14. The first-order chi connectivity index (χ1) is 8.42. The van der Waals surface area contributed by atoms with Crippen molar-refractivity contribution in [2.24, 2.45) is 0 Å². The van der Waals surface area contributed by atoms with E-state index in [1.54, 1.807) is 0 Å². The highest BCUT2D eigenvalue weighted by Crippen LogP contribution is 2.07. The van der Waals surface area contributed by atoms with Crippen LogP contribution in [0, 0.1) is 5.82 Å². The van der Waals surface area contributed by atoms with E-state index in [1.165, 1.54) is 0 Å². The Bertz CT molecular complexity index is 519. The molecule has 0 radical (unpaired) electrons. The molecule has 9 heteroatoms. The van der Waals surface area contributed by atoms with E-state index in [0.29, 0.717) is 0 Å². The van der Waals surface area contributed by atoms with Gasteiger partial charge in [-0.3, -0.25) is 4.98 Å². The summed E-state index contributed by atoms with van der Waals surface area (Å²) < 4.78 is 42.7. The maximum Gasteiger partial charge on any atom is 0.329 e. The van der Waals surface area contributed by atoms with E-state index >= 15 is 0 Å². The van der Waals surface area contributed by atoms with Gasteiger partial charge in [-0.2, -0.15) is 0 Å². The first-order valence-corrected chi connectivity index (χ1v) is 6.30. The molecular weight excluding hydrogens is 267 g/mol. The van der Waals surface area contributed by atoms with E-state index in [4.69, 9.17) is 5.11 Å². The second-order valence-corrected chi connectivity index (χ2v) is 4.95. The molecule has 0 bridgehead atoms. The lowest BCUT2D eigenvalue weighted by Crippen LogP contribution is -2.28. The Morgan fingerprint density at radius 2 is 2.22 bits per heavy atom. The molecule has 0 amide bonds. The van der Waals surface area contributed by atoms with Gasteiger partial charge < -0.3 is 9.84 Å². The minimum Gasteiger partial charge on any atom is -0.480 e. The third-order valence-corrected chi connectivity index (χ3v) is 3.18. The summed E-state index contributed by atoms with van der Waals surface area (Å²) in [5.41, 5.74) is 0. The average molecular weight is 278 g/mol. The van der Waals surface area contributed by atoms with Gasteiger partial charge in [-0.1, -0.05) is 0 Å². The molecular formula is C9H11FN2O5S. The lowest BCUT2D eigenvalue weighted by Gasteiger charge is -2.06. The van der Waals surface area contributed by atoms with Gasteiger partial charge in [0.2, 0.25) is 10.0 Å². The van der Waals surface area contributed by atoms with Crippen LogP contribution in [0.4, 0.5) is 4.39 Å². The number of halogens is 1. The molecule has 0 unspecified atom stereocenters. The number of carbonyl (C=O) groups is 1. The molecule has 0 aliphatic rings. The fourth-order valence-corrected chi connectivity index (χ4v) is 2.02. The van der Waals surface area contributed by atoms with Crippen LogP contribution in [-0.2, 0) is 19.6 Å². The molecule has 0 atom stereocenters. The van der Waals surface area contributed by atoms with Gasteiger partial charge >= 0.3 is 5.97 Å². The van der Waals surface area contributed by atoms with E-state index in [9.17, 15) is 17.6 Å². The number of hydrogen-bond acceptors (Lipinski definition) is 5. The van der Waals surface area contributed by atoms with Crippen LogP contribution in [0.1, 0.15) is 0 Å². The van der Waals surface area contributed by atoms with Gasteiger partial charge in [0, 0.05) is 12.7 Å². The number of aromatic nitrogens is 1. The van der Waals surface area contributed by atoms with Gasteiger partial charge in [-0.15, -0.1) is 0 Å². The fraction of sp³-hybridized carbons (Fsp3) is 0.333. The van der Waals surface area contributed by atoms with E-state index < -0.39 is 28.4 Å². The monoisotopic (exact) mass is 278 g/mol. The Balaban J connectivity index is 2.48. The molecule has 2 N–H and O–H groups in total. The smallest absolute Gasteiger partial charge is 0.329 e. The minimum absolute atomic E-state index is 0.103. The van der Waals surface area contributed by atoms with Crippen molar-refractivity contribution in [3.63, 3.8) is 0 Å². The first kappa shape index (κ1) is 14.5. The number of nitrogens with one attached hydrogen (secondary N) is 1. The van der Waals surface area contributed by atoms with Crippen LogP contribution in [-0.4, -0.2) is 44.2 Å². The van der Waals surface area contributed by atoms with Crippen molar-refractivity contribution in [2.45, 2.75) is 4.90 Å². The molecule has 1 aromatic rings. The number of pyridine rings is 1. The fourth-order valence-electron chi connectivity index (χ4n) is 1.03. The number of aliphatic carboxylic acids is 1. The highest BCUT2D eigenvalue weighted by atomic mass is 32.2. The number of sulfonamides is 1. The number of nitrogens with zero attached hydrogens (tertiary/aromatic N) is 1. The summed E-state index contributed by atoms with van der Waals surface area (Å²) in [5, 5.41) is 8.27. The standard InChI is InChI=1S/C9H11FN2O5S/c10-7-3-8(5-11-4-7)18(15,16)12-1-2-17-6-9(13)14/h3-5,12H,1-2,6H2,(H,13,14). The van der Waals surface area contributed by atoms with Crippen LogP contribution >= 0.6 is 0 Å². The second kappa shape index (κ2) is 6.38. The Kier molecular flexibility index (Phi) is 5.13. The molecule has 7 nitrogen and oxygen atoms in total. The van der Waals surface area contributed by atoms with E-state index in [0.717, 1.165) is 18.5 Å². The van der Waals surface area contributed by atoms with Gasteiger partial charge in [-0.25, -0.2) is 22.3 Å². The summed E-state index contributed by atoms with van der Waals surface area (Å²) >= 11 is 0. The predicted molar refractivity (Wildman–Crippen MR) is 57.8 cm³/mol. The Hall–Kier alpha value is -1.58. The summed E-state index contributed by atoms with van der Waals surface area (Å²) in [5.74, 6) is -1.91. The van der Waals surface area contributed by atoms with Gasteiger partial charge in [0.1, 0.15) is 17.3 Å². The molecule has 0 aliphatic heterocycles. The Morgan fingerprint density at radius 1 is 1.50 bits per heavy atom. The van der Waals surface area contributed by atoms with E-state index in [1.807, 2.05) is 0 Å². The van der Waals surface area contributed by atoms with E-state index in [-0.39, 0.29) is 18.0 Å². The van der Waals surface area contributed by atoms with Crippen LogP contribution < -0.4 is 4.72 Å². The van der Waals surface area contributed by atoms with Crippen LogP contribution in [0.15, 0.2) is 23.4 Å². The van der Waals surface area contributed by atoms with Crippen molar-refractivity contribution in [1.82, 2.24) is 9.71 Å². The normalized spacial score (nSPS) is 11.4. The zero-order valence-electron chi connectivity index (χ0n) is 9.17. The van der Waals surface area contributed by atoms with Crippen molar-refractivity contribution in [1.29, 1.82) is 0 Å². The summed E-state index contributed by atoms with van der Waals surface area (Å²) in [6, 6.07) is 0.827. The van der Waals surface area contributed by atoms with Gasteiger partial charge in [0.25, 0.3) is 0 Å². The van der Waals surface area contributed by atoms with Crippen LogP contribution in [0.5, 0.6) is 0 Å². The van der Waals surface area contributed by atoms with Gasteiger partial charge in [-0.05, 0) is 6.07 Å². The molecule has 18 heavy (non-hydrogen) atoms. The van der Waals surface area contributed by atoms with Crippen LogP contribution in [0.2, 0.25) is 0 Å². The highest BCUT2D eigenvalue weighted by molar-refractivity contribution is 7.89. The molecule has 0 spiro atoms. The van der Waals surface area contributed by atoms with Crippen molar-refractivity contribution in [3.05, 3.63) is 24.3 Å². The summed E-state index contributed by atoms with van der Waals surface area (Å²) in [6.45, 7) is -0.732. The molecule has 0 aliphatic carbocycles. The Morgan fingerprint density at radius 3 is 2.83 bits per heavy atom. The predicted octanol–water partition coefficient (Wildman–Crippen LogP) is -0.400. The number of rotatable bonds is 7. The van der Waals surface area contributed by atoms with Crippen molar-refractivity contribution >= 4 is 16.0 Å². The number of hydrogen-bond donors (Lipinski definition) is 2. The average Bonchev–Trinajstić information content (AvgIpc) is 2.28. The topological polar surface area (TPSA) is 106 Å². The summed E-state index contributed by atoms with van der Waals surface area (Å²) in [6.07, 6.45) is 1.89. The SMILES string of the molecule is O=C(O)COCCNS(=O)(=O)c1cncc(F)c1. The molecule has 0 aromatic carbocycles. The molecule has 1 aromatic heterocycles. The minimum atomic E-state index is -3.86. The van der Waals surface area contributed by atoms with Crippen molar-refractivity contribution in [3.8, 4) is 0 Å². The van der Waals surface area contributed by atoms with Crippen molar-refractivity contribution in [2.75, 3.05) is 19.8 Å². The number of carboxylic acids is 1. The molecule has 0 fully saturated rings. The van der Waals surface area contributed by atoms with E-state index in [2.05, 4.69) is 14.4 Å². The molecule has 0 saturated heterocycles. The number of ether oxygens (including phenoxy) is 1. The summed E-state index contributed by atoms with van der Waals surface area (Å²) in [4.78, 5) is 13.2. The van der Waals surface area contributed by atoms with Gasteiger partial charge in [0.05, 0.1) is 12.8 Å². The second-order valence-electron chi connectivity index (χ2n) is 3.18. The number of carboxylic acid groups (broad SMARTS) is 1. The van der Waals surface area contributed by atoms with Crippen LogP contribution in [0.25, 0.3) is 0 Å². The largest absolute Gasteiger partial charge is 0.480 e. The lowest BCUT2D eigenvalue weighted by molar-refractivity contribution is -0.142. The zero-order valence-corrected chi connectivity index (χ0v) is 9.98. The van der Waals surface area contributed by atoms with Crippen molar-refractivity contribution < 1.29 is 27.4 Å². The lowest BCUT2D eigenvalue weighted by atomic mass is 10.5. The third kappa shape index (κ3) is 4.73. The maximum absolute atomic E-state index is 12.8. The quantitative estimate of drug-likeness (QED) is 0.657. The zero-order chi connectivity index (χ0) is 13.6. The third-order valence-electron chi connectivity index (χ3n) is 1.75. The molecule has 1 rings (SSSR count). The first-order valence-electron chi connectivity index (χ1n) is 4.81. The maximum atomic E-state index is 12.8. The summed E-state index contributed by atoms with van der Waals surface area (Å²) in [7, 11) is -3.86. The molecule has 100 valence electrons. The molecule has 1 heterocycles. The van der Waals surface area contributed by atoms with Crippen LogP contribution in [0.3, 0.4) is 0 Å². The molecule has 0 saturated carbocycles. The van der Waals surface area contributed by atoms with Gasteiger partial charge in [0.15, 0.2) is 0 Å². The Labute approximate surface area is 103 Å².